The van der Waals surface area contributed by atoms with Gasteiger partial charge in [0.1, 0.15) is 29.0 Å². The minimum Gasteiger partial charge on any atom is -0.507 e. The maximum atomic E-state index is 13.6. The second kappa shape index (κ2) is 10.2. The summed E-state index contributed by atoms with van der Waals surface area (Å²) in [4.78, 5) is 33.1. The Morgan fingerprint density at radius 1 is 1.00 bits per heavy atom. The molecule has 5 rings (SSSR count). The highest BCUT2D eigenvalue weighted by Gasteiger charge is 2.49. The molecule has 1 aliphatic rings. The molecule has 9 heteroatoms. The summed E-state index contributed by atoms with van der Waals surface area (Å²) in [6.45, 7) is 4.34. The van der Waals surface area contributed by atoms with Crippen LogP contribution in [0.25, 0.3) is 16.0 Å². The number of thiazole rings is 1. The first-order chi connectivity index (χ1) is 18.4. The fourth-order valence-electron chi connectivity index (χ4n) is 4.53. The molecule has 1 atom stereocenters. The van der Waals surface area contributed by atoms with E-state index >= 15 is 0 Å². The number of aliphatic hydroxyl groups is 1. The van der Waals surface area contributed by atoms with E-state index in [0.29, 0.717) is 45.6 Å². The van der Waals surface area contributed by atoms with E-state index in [-0.39, 0.29) is 11.3 Å². The number of hydrogen-bond acceptors (Lipinski definition) is 8. The quantitative estimate of drug-likeness (QED) is 0.187. The highest BCUT2D eigenvalue weighted by molar-refractivity contribution is 7.22. The summed E-state index contributed by atoms with van der Waals surface area (Å²) < 4.78 is 17.4. The summed E-state index contributed by atoms with van der Waals surface area (Å²) in [6.07, 6.45) is 0. The molecule has 0 aliphatic carbocycles. The number of methoxy groups -OCH3 is 2. The summed E-state index contributed by atoms with van der Waals surface area (Å²) in [5.41, 5.74) is 2.55. The van der Waals surface area contributed by atoms with Gasteiger partial charge in [0.2, 0.25) is 0 Å². The lowest BCUT2D eigenvalue weighted by molar-refractivity contribution is -0.132. The number of ether oxygens (including phenoxy) is 3. The number of anilines is 1. The first-order valence-electron chi connectivity index (χ1n) is 12.0. The van der Waals surface area contributed by atoms with E-state index < -0.39 is 17.7 Å². The van der Waals surface area contributed by atoms with Crippen LogP contribution in [0.15, 0.2) is 66.2 Å². The lowest BCUT2D eigenvalue weighted by Crippen LogP contribution is -2.29. The van der Waals surface area contributed by atoms with Crippen molar-refractivity contribution in [3.63, 3.8) is 0 Å². The van der Waals surface area contributed by atoms with E-state index in [2.05, 4.69) is 4.98 Å². The van der Waals surface area contributed by atoms with E-state index in [1.165, 1.54) is 30.5 Å². The van der Waals surface area contributed by atoms with Gasteiger partial charge in [-0.2, -0.15) is 0 Å². The molecule has 1 saturated heterocycles. The number of rotatable bonds is 7. The zero-order valence-electron chi connectivity index (χ0n) is 21.3. The van der Waals surface area contributed by atoms with E-state index in [4.69, 9.17) is 14.2 Å². The van der Waals surface area contributed by atoms with Crippen molar-refractivity contribution in [3.05, 3.63) is 82.9 Å². The van der Waals surface area contributed by atoms with Crippen molar-refractivity contribution >= 4 is 44.1 Å². The second-order valence-corrected chi connectivity index (χ2v) is 9.71. The normalized spacial score (nSPS) is 16.7. The van der Waals surface area contributed by atoms with Crippen LogP contribution >= 0.6 is 11.3 Å². The summed E-state index contributed by atoms with van der Waals surface area (Å²) in [5, 5.41) is 11.8. The molecule has 8 nitrogen and oxygen atoms in total. The van der Waals surface area contributed by atoms with Gasteiger partial charge in [-0.05, 0) is 74.0 Å². The standard InChI is InChI=1S/C29H26N2O6S/c1-5-37-18-9-7-17(8-10-18)26(32)24-25(20-15-19(35-3)11-13-22(20)36-4)31(28(34)27(24)33)29-30-21-12-6-16(2)14-23(21)38-29/h6-15,25,32H,5H2,1-4H3/b26-24+. The Bertz CT molecular complexity index is 1570. The zero-order valence-corrected chi connectivity index (χ0v) is 22.2. The third-order valence-electron chi connectivity index (χ3n) is 6.35. The smallest absolute Gasteiger partial charge is 0.301 e. The van der Waals surface area contributed by atoms with Crippen LogP contribution in [0.4, 0.5) is 5.13 Å². The number of benzene rings is 3. The number of amides is 1. The Balaban J connectivity index is 1.74. The van der Waals surface area contributed by atoms with Crippen LogP contribution in [0.1, 0.15) is 29.7 Å². The monoisotopic (exact) mass is 530 g/mol. The predicted octanol–water partition coefficient (Wildman–Crippen LogP) is 5.65. The van der Waals surface area contributed by atoms with Crippen LogP contribution in [-0.2, 0) is 9.59 Å². The molecule has 0 bridgehead atoms. The maximum absolute atomic E-state index is 13.6. The van der Waals surface area contributed by atoms with Crippen molar-refractivity contribution in [2.45, 2.75) is 19.9 Å². The molecule has 3 aromatic carbocycles. The summed E-state index contributed by atoms with van der Waals surface area (Å²) in [6, 6.07) is 16.6. The Hall–Kier alpha value is -4.37. The number of nitrogens with zero attached hydrogens (tertiary/aromatic N) is 2. The van der Waals surface area contributed by atoms with Gasteiger partial charge in [-0.1, -0.05) is 17.4 Å². The first kappa shape index (κ1) is 25.3. The molecule has 1 aliphatic heterocycles. The third-order valence-corrected chi connectivity index (χ3v) is 7.37. The fraction of sp³-hybridized carbons (Fsp3) is 0.207. The van der Waals surface area contributed by atoms with Crippen molar-refractivity contribution in [3.8, 4) is 17.2 Å². The molecule has 1 aromatic heterocycles. The van der Waals surface area contributed by atoms with Crippen molar-refractivity contribution in [2.24, 2.45) is 0 Å². The Kier molecular flexibility index (Phi) is 6.77. The van der Waals surface area contributed by atoms with Crippen molar-refractivity contribution in [1.29, 1.82) is 0 Å². The molecule has 4 aromatic rings. The highest BCUT2D eigenvalue weighted by atomic mass is 32.1. The van der Waals surface area contributed by atoms with E-state index in [9.17, 15) is 14.7 Å². The lowest BCUT2D eigenvalue weighted by Gasteiger charge is -2.25. The Morgan fingerprint density at radius 3 is 2.42 bits per heavy atom. The molecule has 1 N–H and O–H groups in total. The maximum Gasteiger partial charge on any atom is 0.301 e. The van der Waals surface area contributed by atoms with Gasteiger partial charge in [0.25, 0.3) is 5.78 Å². The van der Waals surface area contributed by atoms with Crippen LogP contribution in [0.3, 0.4) is 0 Å². The molecule has 1 fully saturated rings. The Labute approximate surface area is 223 Å². The van der Waals surface area contributed by atoms with Gasteiger partial charge in [0.15, 0.2) is 5.13 Å². The lowest BCUT2D eigenvalue weighted by atomic mass is 9.94. The number of aryl methyl sites for hydroxylation is 1. The minimum absolute atomic E-state index is 0.0684. The third kappa shape index (κ3) is 4.35. The van der Waals surface area contributed by atoms with E-state index in [0.717, 1.165) is 10.3 Å². The SMILES string of the molecule is CCOc1ccc(/C(O)=C2\C(=O)C(=O)N(c3nc4ccc(C)cc4s3)C2c2cc(OC)ccc2OC)cc1. The number of hydrogen-bond donors (Lipinski definition) is 1. The van der Waals surface area contributed by atoms with E-state index in [1.807, 2.05) is 32.0 Å². The molecular formula is C29H26N2O6S. The van der Waals surface area contributed by atoms with Crippen molar-refractivity contribution in [1.82, 2.24) is 4.98 Å². The average Bonchev–Trinajstić information content (AvgIpc) is 3.45. The van der Waals surface area contributed by atoms with Gasteiger partial charge >= 0.3 is 5.91 Å². The van der Waals surface area contributed by atoms with Crippen LogP contribution in [0, 0.1) is 6.92 Å². The van der Waals surface area contributed by atoms with Crippen LogP contribution in [0.2, 0.25) is 0 Å². The van der Waals surface area contributed by atoms with Crippen LogP contribution < -0.4 is 19.1 Å². The molecule has 1 unspecified atom stereocenters. The minimum atomic E-state index is -1.01. The van der Waals surface area contributed by atoms with Gasteiger partial charge in [-0.3, -0.25) is 14.5 Å². The Morgan fingerprint density at radius 2 is 1.74 bits per heavy atom. The number of ketones is 1. The van der Waals surface area contributed by atoms with Crippen molar-refractivity contribution in [2.75, 3.05) is 25.7 Å². The largest absolute Gasteiger partial charge is 0.507 e. The van der Waals surface area contributed by atoms with Crippen molar-refractivity contribution < 1.29 is 28.9 Å². The summed E-state index contributed by atoms with van der Waals surface area (Å²) >= 11 is 1.30. The van der Waals surface area contributed by atoms with Gasteiger partial charge in [0, 0.05) is 11.1 Å². The molecule has 2 heterocycles. The fourth-order valence-corrected chi connectivity index (χ4v) is 5.62. The number of carbonyl (C=O) groups is 2. The highest BCUT2D eigenvalue weighted by Crippen LogP contribution is 2.47. The van der Waals surface area contributed by atoms with Crippen LogP contribution in [-0.4, -0.2) is 42.6 Å². The van der Waals surface area contributed by atoms with Gasteiger partial charge in [0.05, 0.1) is 36.6 Å². The number of aliphatic hydroxyl groups excluding tert-OH is 1. The number of Topliss-reactive ketones (excluding diaryl/α,β-unsaturated/α-hetero) is 1. The molecule has 194 valence electrons. The zero-order chi connectivity index (χ0) is 27.0. The molecule has 0 saturated carbocycles. The molecule has 0 radical (unpaired) electrons. The predicted molar refractivity (Wildman–Crippen MR) is 146 cm³/mol. The van der Waals surface area contributed by atoms with Gasteiger partial charge in [-0.25, -0.2) is 4.98 Å². The molecule has 38 heavy (non-hydrogen) atoms. The first-order valence-corrected chi connectivity index (χ1v) is 12.8. The van der Waals surface area contributed by atoms with Gasteiger partial charge in [-0.15, -0.1) is 0 Å². The molecule has 0 spiro atoms. The average molecular weight is 531 g/mol. The number of aromatic nitrogens is 1. The topological polar surface area (TPSA) is 98.2 Å². The number of carbonyl (C=O) groups excluding carboxylic acids is 2. The molecule has 1 amide bonds. The second-order valence-electron chi connectivity index (χ2n) is 8.70. The van der Waals surface area contributed by atoms with Gasteiger partial charge < -0.3 is 19.3 Å². The summed E-state index contributed by atoms with van der Waals surface area (Å²) in [5.74, 6) is -0.351. The van der Waals surface area contributed by atoms with Crippen LogP contribution in [0.5, 0.6) is 17.2 Å². The molecular weight excluding hydrogens is 504 g/mol. The number of fused-ring (bicyclic) bond motifs is 1. The summed E-state index contributed by atoms with van der Waals surface area (Å²) in [7, 11) is 3.03. The van der Waals surface area contributed by atoms with E-state index in [1.54, 1.807) is 42.5 Å².